The summed E-state index contributed by atoms with van der Waals surface area (Å²) in [5.41, 5.74) is 3.38. The second kappa shape index (κ2) is 8.34. The van der Waals surface area contributed by atoms with Crippen LogP contribution in [0.25, 0.3) is 0 Å². The van der Waals surface area contributed by atoms with Crippen LogP contribution >= 0.6 is 0 Å². The third-order valence-corrected chi connectivity index (χ3v) is 3.75. The lowest BCUT2D eigenvalue weighted by Gasteiger charge is -2.08. The Morgan fingerprint density at radius 1 is 1.04 bits per heavy atom. The first-order valence-corrected chi connectivity index (χ1v) is 8.12. The van der Waals surface area contributed by atoms with Gasteiger partial charge in [0.15, 0.2) is 0 Å². The number of rotatable bonds is 7. The number of ether oxygens (including phenoxy) is 2. The highest BCUT2D eigenvalue weighted by Crippen LogP contribution is 2.21. The predicted octanol–water partition coefficient (Wildman–Crippen LogP) is 3.13. The first kappa shape index (κ1) is 17.8. The third kappa shape index (κ3) is 4.25. The minimum absolute atomic E-state index is 0.00236. The Bertz CT molecular complexity index is 704. The largest absolute Gasteiger partial charge is 0.465 e. The molecule has 128 valence electrons. The molecule has 1 aromatic carbocycles. The number of benzene rings is 1. The minimum Gasteiger partial charge on any atom is -0.465 e. The Kier molecular flexibility index (Phi) is 6.18. The fourth-order valence-electron chi connectivity index (χ4n) is 2.65. The van der Waals surface area contributed by atoms with Crippen molar-refractivity contribution in [3.05, 3.63) is 58.9 Å². The van der Waals surface area contributed by atoms with Crippen LogP contribution in [0.1, 0.15) is 41.0 Å². The molecule has 5 nitrogen and oxygen atoms in total. The lowest BCUT2D eigenvalue weighted by molar-refractivity contribution is -0.143. The van der Waals surface area contributed by atoms with Gasteiger partial charge < -0.3 is 14.0 Å². The van der Waals surface area contributed by atoms with Crippen LogP contribution in [0.4, 0.5) is 0 Å². The number of esters is 2. The van der Waals surface area contributed by atoms with E-state index in [4.69, 9.17) is 9.47 Å². The SMILES string of the molecule is CCOC(=O)Cn1cc(Cc2ccccc2)c(C)c1C(=O)OCC. The molecule has 24 heavy (non-hydrogen) atoms. The second-order valence-corrected chi connectivity index (χ2v) is 5.44. The zero-order chi connectivity index (χ0) is 17.5. The lowest BCUT2D eigenvalue weighted by Crippen LogP contribution is -2.18. The van der Waals surface area contributed by atoms with Gasteiger partial charge in [-0.05, 0) is 43.9 Å². The van der Waals surface area contributed by atoms with Gasteiger partial charge in [-0.3, -0.25) is 4.79 Å². The molecule has 2 aromatic rings. The summed E-state index contributed by atoms with van der Waals surface area (Å²) in [6.45, 7) is 5.99. The summed E-state index contributed by atoms with van der Waals surface area (Å²) in [6, 6.07) is 9.99. The molecular formula is C19H23NO4. The first-order valence-electron chi connectivity index (χ1n) is 8.12. The van der Waals surface area contributed by atoms with Crippen LogP contribution in [0.2, 0.25) is 0 Å². The quantitative estimate of drug-likeness (QED) is 0.732. The van der Waals surface area contributed by atoms with Crippen LogP contribution < -0.4 is 0 Å². The van der Waals surface area contributed by atoms with Crippen molar-refractivity contribution >= 4 is 11.9 Å². The number of carbonyl (C=O) groups is 2. The molecule has 0 unspecified atom stereocenters. The summed E-state index contributed by atoms with van der Waals surface area (Å²) in [7, 11) is 0. The van der Waals surface area contributed by atoms with E-state index in [-0.39, 0.29) is 19.1 Å². The van der Waals surface area contributed by atoms with Crippen molar-refractivity contribution in [2.24, 2.45) is 0 Å². The lowest BCUT2D eigenvalue weighted by atomic mass is 10.0. The average Bonchev–Trinajstić information content (AvgIpc) is 2.84. The number of nitrogens with zero attached hydrogens (tertiary/aromatic N) is 1. The van der Waals surface area contributed by atoms with Crippen molar-refractivity contribution in [2.45, 2.75) is 33.7 Å². The van der Waals surface area contributed by atoms with Gasteiger partial charge in [-0.25, -0.2) is 4.79 Å². The van der Waals surface area contributed by atoms with Crippen LogP contribution in [-0.4, -0.2) is 29.7 Å². The molecule has 1 heterocycles. The third-order valence-electron chi connectivity index (χ3n) is 3.75. The standard InChI is InChI=1S/C19H23NO4/c1-4-23-17(21)13-20-12-16(11-15-9-7-6-8-10-15)14(3)18(20)19(22)24-5-2/h6-10,12H,4-5,11,13H2,1-3H3. The van der Waals surface area contributed by atoms with E-state index in [9.17, 15) is 9.59 Å². The zero-order valence-corrected chi connectivity index (χ0v) is 14.4. The summed E-state index contributed by atoms with van der Waals surface area (Å²) in [6.07, 6.45) is 2.53. The molecule has 0 N–H and O–H groups in total. The van der Waals surface area contributed by atoms with Crippen LogP contribution in [0, 0.1) is 6.92 Å². The van der Waals surface area contributed by atoms with E-state index in [1.165, 1.54) is 0 Å². The predicted molar refractivity (Wildman–Crippen MR) is 91.0 cm³/mol. The maximum atomic E-state index is 12.3. The van der Waals surface area contributed by atoms with Gasteiger partial charge >= 0.3 is 11.9 Å². The van der Waals surface area contributed by atoms with Gasteiger partial charge in [-0.15, -0.1) is 0 Å². The molecule has 0 spiro atoms. The Labute approximate surface area is 142 Å². The Morgan fingerprint density at radius 2 is 1.71 bits per heavy atom. The van der Waals surface area contributed by atoms with Crippen molar-refractivity contribution in [1.29, 1.82) is 0 Å². The van der Waals surface area contributed by atoms with Gasteiger partial charge in [0.1, 0.15) is 12.2 Å². The van der Waals surface area contributed by atoms with Gasteiger partial charge in [0.2, 0.25) is 0 Å². The molecule has 0 aliphatic heterocycles. The van der Waals surface area contributed by atoms with E-state index in [1.807, 2.05) is 43.5 Å². The Balaban J connectivity index is 2.35. The molecular weight excluding hydrogens is 306 g/mol. The molecule has 0 aliphatic rings. The molecule has 2 rings (SSSR count). The normalized spacial score (nSPS) is 10.5. The van der Waals surface area contributed by atoms with Gasteiger partial charge in [-0.2, -0.15) is 0 Å². The fourth-order valence-corrected chi connectivity index (χ4v) is 2.65. The van der Waals surface area contributed by atoms with E-state index in [2.05, 4.69) is 0 Å². The van der Waals surface area contributed by atoms with Crippen molar-refractivity contribution in [1.82, 2.24) is 4.57 Å². The molecule has 1 aromatic heterocycles. The van der Waals surface area contributed by atoms with Crippen LogP contribution in [-0.2, 0) is 27.2 Å². The molecule has 0 amide bonds. The van der Waals surface area contributed by atoms with Crippen molar-refractivity contribution in [3.8, 4) is 0 Å². The van der Waals surface area contributed by atoms with Gasteiger partial charge in [0, 0.05) is 6.20 Å². The molecule has 0 bridgehead atoms. The van der Waals surface area contributed by atoms with Crippen molar-refractivity contribution in [3.63, 3.8) is 0 Å². The highest BCUT2D eigenvalue weighted by Gasteiger charge is 2.21. The number of hydrogen-bond donors (Lipinski definition) is 0. The molecule has 5 heteroatoms. The average molecular weight is 329 g/mol. The summed E-state index contributed by atoms with van der Waals surface area (Å²) >= 11 is 0. The monoisotopic (exact) mass is 329 g/mol. The molecule has 0 aliphatic carbocycles. The fraction of sp³-hybridized carbons (Fsp3) is 0.368. The molecule has 0 atom stereocenters. The maximum absolute atomic E-state index is 12.3. The Morgan fingerprint density at radius 3 is 2.33 bits per heavy atom. The van der Waals surface area contributed by atoms with Crippen molar-refractivity contribution < 1.29 is 19.1 Å². The van der Waals surface area contributed by atoms with E-state index in [0.29, 0.717) is 18.7 Å². The summed E-state index contributed by atoms with van der Waals surface area (Å²) in [5, 5.41) is 0. The molecule has 0 saturated heterocycles. The Hall–Kier alpha value is -2.56. The second-order valence-electron chi connectivity index (χ2n) is 5.44. The number of carbonyl (C=O) groups excluding carboxylic acids is 2. The highest BCUT2D eigenvalue weighted by atomic mass is 16.5. The molecule has 0 saturated carbocycles. The van der Waals surface area contributed by atoms with E-state index >= 15 is 0 Å². The van der Waals surface area contributed by atoms with E-state index < -0.39 is 5.97 Å². The number of hydrogen-bond acceptors (Lipinski definition) is 4. The van der Waals surface area contributed by atoms with Gasteiger partial charge in [-0.1, -0.05) is 30.3 Å². The molecule has 0 radical (unpaired) electrons. The first-order chi connectivity index (χ1) is 11.6. The summed E-state index contributed by atoms with van der Waals surface area (Å²) in [4.78, 5) is 24.1. The summed E-state index contributed by atoms with van der Waals surface area (Å²) in [5.74, 6) is -0.789. The topological polar surface area (TPSA) is 57.5 Å². The van der Waals surface area contributed by atoms with Gasteiger partial charge in [0.25, 0.3) is 0 Å². The maximum Gasteiger partial charge on any atom is 0.355 e. The van der Waals surface area contributed by atoms with Crippen LogP contribution in [0.15, 0.2) is 36.5 Å². The highest BCUT2D eigenvalue weighted by molar-refractivity contribution is 5.90. The van der Waals surface area contributed by atoms with Gasteiger partial charge in [0.05, 0.1) is 13.2 Å². The number of aromatic nitrogens is 1. The smallest absolute Gasteiger partial charge is 0.355 e. The van der Waals surface area contributed by atoms with E-state index in [1.54, 1.807) is 18.4 Å². The molecule has 0 fully saturated rings. The zero-order valence-electron chi connectivity index (χ0n) is 14.4. The minimum atomic E-state index is -0.418. The van der Waals surface area contributed by atoms with Crippen molar-refractivity contribution in [2.75, 3.05) is 13.2 Å². The summed E-state index contributed by atoms with van der Waals surface area (Å²) < 4.78 is 11.8. The van der Waals surface area contributed by atoms with Crippen LogP contribution in [0.3, 0.4) is 0 Å². The van der Waals surface area contributed by atoms with E-state index in [0.717, 1.165) is 16.7 Å². The van der Waals surface area contributed by atoms with Crippen LogP contribution in [0.5, 0.6) is 0 Å².